The number of benzene rings is 1. The maximum Gasteiger partial charge on any atom is 0.416 e. The number of hydrogen-bond donors (Lipinski definition) is 2. The summed E-state index contributed by atoms with van der Waals surface area (Å²) in [6.07, 6.45) is -0.0918. The second kappa shape index (κ2) is 9.00. The number of carbonyl (C=O) groups is 1. The third-order valence-corrected chi connectivity index (χ3v) is 5.16. The molecule has 180 valence electrons. The Bertz CT molecular complexity index is 1460. The Kier molecular flexibility index (Phi) is 6.07. The van der Waals surface area contributed by atoms with Gasteiger partial charge in [-0.3, -0.25) is 14.6 Å². The predicted molar refractivity (Wildman–Crippen MR) is 119 cm³/mol. The molecule has 3 N–H and O–H groups in total. The highest BCUT2D eigenvalue weighted by atomic mass is 19.4. The molecule has 4 aromatic rings. The normalized spacial score (nSPS) is 12.4. The fourth-order valence-corrected chi connectivity index (χ4v) is 3.40. The van der Waals surface area contributed by atoms with Crippen molar-refractivity contribution in [2.75, 3.05) is 5.73 Å². The molecule has 0 aliphatic carbocycles. The van der Waals surface area contributed by atoms with Crippen molar-refractivity contribution in [1.29, 1.82) is 0 Å². The average Bonchev–Trinajstić information content (AvgIpc) is 3.24. The minimum atomic E-state index is -4.58. The Morgan fingerprint density at radius 3 is 2.57 bits per heavy atom. The van der Waals surface area contributed by atoms with Gasteiger partial charge in [-0.2, -0.15) is 23.0 Å². The smallest absolute Gasteiger partial charge is 0.399 e. The first kappa shape index (κ1) is 23.6. The molecule has 1 amide bonds. The van der Waals surface area contributed by atoms with Crippen molar-refractivity contribution in [1.82, 2.24) is 35.1 Å². The SMILES string of the molecule is C[C@@H](NC(=O)c1ccc(=O)n(-c2cncc(-c3cnnn3C)c2)n1)c1cc(N)cc(C(F)(F)F)c1. The number of halogens is 3. The second-order valence-corrected chi connectivity index (χ2v) is 7.72. The van der Waals surface area contributed by atoms with Crippen LogP contribution < -0.4 is 16.6 Å². The number of pyridine rings is 1. The van der Waals surface area contributed by atoms with Crippen molar-refractivity contribution in [3.05, 3.63) is 82.2 Å². The lowest BCUT2D eigenvalue weighted by molar-refractivity contribution is -0.137. The molecule has 13 heteroatoms. The van der Waals surface area contributed by atoms with Gasteiger partial charge >= 0.3 is 6.18 Å². The Morgan fingerprint density at radius 2 is 1.89 bits per heavy atom. The lowest BCUT2D eigenvalue weighted by Gasteiger charge is -2.17. The number of alkyl halides is 3. The van der Waals surface area contributed by atoms with Crippen LogP contribution in [-0.4, -0.2) is 35.7 Å². The molecule has 0 aliphatic heterocycles. The fourth-order valence-electron chi connectivity index (χ4n) is 3.40. The topological polar surface area (TPSA) is 134 Å². The molecule has 0 radical (unpaired) electrons. The molecule has 3 heterocycles. The van der Waals surface area contributed by atoms with Crippen LogP contribution in [-0.2, 0) is 13.2 Å². The number of rotatable bonds is 5. The summed E-state index contributed by atoms with van der Waals surface area (Å²) in [6, 6.07) is 6.28. The second-order valence-electron chi connectivity index (χ2n) is 7.72. The number of amides is 1. The van der Waals surface area contributed by atoms with Crippen LogP contribution in [0, 0.1) is 0 Å². The molecule has 0 unspecified atom stereocenters. The Hall–Kier alpha value is -4.55. The summed E-state index contributed by atoms with van der Waals surface area (Å²) in [4.78, 5) is 29.4. The summed E-state index contributed by atoms with van der Waals surface area (Å²) < 4.78 is 41.9. The lowest BCUT2D eigenvalue weighted by atomic mass is 10.0. The van der Waals surface area contributed by atoms with Gasteiger partial charge in [0.05, 0.1) is 35.4 Å². The van der Waals surface area contributed by atoms with Gasteiger partial charge in [-0.05, 0) is 42.8 Å². The quantitative estimate of drug-likeness (QED) is 0.416. The first-order valence-electron chi connectivity index (χ1n) is 10.2. The van der Waals surface area contributed by atoms with Crippen LogP contribution in [0.1, 0.15) is 34.6 Å². The monoisotopic (exact) mass is 484 g/mol. The number of aromatic nitrogens is 6. The maximum absolute atomic E-state index is 13.1. The van der Waals surface area contributed by atoms with Gasteiger partial charge in [0.1, 0.15) is 5.69 Å². The van der Waals surface area contributed by atoms with E-state index in [-0.39, 0.29) is 16.9 Å². The lowest BCUT2D eigenvalue weighted by Crippen LogP contribution is -2.31. The van der Waals surface area contributed by atoms with Gasteiger partial charge in [-0.1, -0.05) is 5.21 Å². The van der Waals surface area contributed by atoms with Crippen LogP contribution in [0.2, 0.25) is 0 Å². The third-order valence-electron chi connectivity index (χ3n) is 5.16. The summed E-state index contributed by atoms with van der Waals surface area (Å²) in [5.41, 5.74) is 5.71. The molecular weight excluding hydrogens is 465 g/mol. The van der Waals surface area contributed by atoms with Crippen molar-refractivity contribution >= 4 is 11.6 Å². The van der Waals surface area contributed by atoms with Gasteiger partial charge in [0.25, 0.3) is 11.5 Å². The third kappa shape index (κ3) is 5.03. The van der Waals surface area contributed by atoms with Crippen LogP contribution in [0.4, 0.5) is 18.9 Å². The van der Waals surface area contributed by atoms with E-state index in [1.165, 1.54) is 36.1 Å². The van der Waals surface area contributed by atoms with Crippen LogP contribution in [0.3, 0.4) is 0 Å². The molecule has 3 aromatic heterocycles. The van der Waals surface area contributed by atoms with Gasteiger partial charge in [0.15, 0.2) is 0 Å². The highest BCUT2D eigenvalue weighted by Crippen LogP contribution is 2.32. The molecule has 0 bridgehead atoms. The Labute approximate surface area is 196 Å². The van der Waals surface area contributed by atoms with Gasteiger partial charge in [0, 0.05) is 30.6 Å². The van der Waals surface area contributed by atoms with Gasteiger partial charge < -0.3 is 11.1 Å². The highest BCUT2D eigenvalue weighted by molar-refractivity contribution is 5.92. The number of carbonyl (C=O) groups excluding carboxylic acids is 1. The van der Waals surface area contributed by atoms with Gasteiger partial charge in [-0.25, -0.2) is 4.68 Å². The molecule has 10 nitrogen and oxygen atoms in total. The predicted octanol–water partition coefficient (Wildman–Crippen LogP) is 2.51. The van der Waals surface area contributed by atoms with Crippen LogP contribution >= 0.6 is 0 Å². The number of anilines is 1. The molecular formula is C22H19F3N8O2. The first-order chi connectivity index (χ1) is 16.5. The summed E-state index contributed by atoms with van der Waals surface area (Å²) in [5.74, 6) is -0.692. The van der Waals surface area contributed by atoms with E-state index in [1.807, 2.05) is 0 Å². The molecule has 35 heavy (non-hydrogen) atoms. The summed E-state index contributed by atoms with van der Waals surface area (Å²) in [7, 11) is 1.70. The molecule has 0 fully saturated rings. The fraction of sp³-hybridized carbons (Fsp3) is 0.182. The minimum absolute atomic E-state index is 0.0846. The summed E-state index contributed by atoms with van der Waals surface area (Å²) in [5, 5.41) is 14.4. The standard InChI is InChI=1S/C22H19F3N8O2/c1-12(13-5-15(22(23,24)25)8-16(26)6-13)29-21(35)18-3-4-20(34)33(30-18)17-7-14(9-27-10-17)19-11-28-31-32(19)2/h3-12H,26H2,1-2H3,(H,29,35)/t12-/m1/s1. The summed E-state index contributed by atoms with van der Waals surface area (Å²) >= 11 is 0. The summed E-state index contributed by atoms with van der Waals surface area (Å²) in [6.45, 7) is 1.51. The molecule has 0 aliphatic rings. The number of nitrogen functional groups attached to an aromatic ring is 1. The van der Waals surface area contributed by atoms with E-state index in [9.17, 15) is 22.8 Å². The van der Waals surface area contributed by atoms with E-state index >= 15 is 0 Å². The van der Waals surface area contributed by atoms with Crippen molar-refractivity contribution in [2.45, 2.75) is 19.1 Å². The van der Waals surface area contributed by atoms with Crippen LogP contribution in [0.15, 0.2) is 59.8 Å². The van der Waals surface area contributed by atoms with E-state index in [0.29, 0.717) is 16.9 Å². The number of nitrogens with two attached hydrogens (primary N) is 1. The molecule has 1 aromatic carbocycles. The zero-order chi connectivity index (χ0) is 25.3. The number of nitrogens with one attached hydrogen (secondary N) is 1. The maximum atomic E-state index is 13.1. The first-order valence-corrected chi connectivity index (χ1v) is 10.2. The molecule has 1 atom stereocenters. The number of hydrogen-bond acceptors (Lipinski definition) is 7. The van der Waals surface area contributed by atoms with Crippen molar-refractivity contribution < 1.29 is 18.0 Å². The van der Waals surface area contributed by atoms with Gasteiger partial charge in [0.2, 0.25) is 0 Å². The zero-order valence-electron chi connectivity index (χ0n) is 18.5. The van der Waals surface area contributed by atoms with E-state index < -0.39 is 29.2 Å². The highest BCUT2D eigenvalue weighted by Gasteiger charge is 2.31. The van der Waals surface area contributed by atoms with E-state index in [4.69, 9.17) is 5.73 Å². The molecule has 0 spiro atoms. The van der Waals surface area contributed by atoms with Crippen molar-refractivity contribution in [2.24, 2.45) is 7.05 Å². The largest absolute Gasteiger partial charge is 0.416 e. The van der Waals surface area contributed by atoms with E-state index in [1.54, 1.807) is 19.3 Å². The molecule has 0 saturated heterocycles. The number of nitrogens with zero attached hydrogens (tertiary/aromatic N) is 6. The van der Waals surface area contributed by atoms with Crippen molar-refractivity contribution in [3.8, 4) is 16.9 Å². The Morgan fingerprint density at radius 1 is 1.11 bits per heavy atom. The van der Waals surface area contributed by atoms with Crippen molar-refractivity contribution in [3.63, 3.8) is 0 Å². The molecule has 0 saturated carbocycles. The van der Waals surface area contributed by atoms with E-state index in [0.717, 1.165) is 22.9 Å². The van der Waals surface area contributed by atoms with Crippen LogP contribution in [0.5, 0.6) is 0 Å². The van der Waals surface area contributed by atoms with E-state index in [2.05, 4.69) is 25.7 Å². The minimum Gasteiger partial charge on any atom is -0.399 e. The average molecular weight is 484 g/mol. The number of aryl methyl sites for hydroxylation is 1. The Balaban J connectivity index is 1.61. The van der Waals surface area contributed by atoms with Crippen LogP contribution in [0.25, 0.3) is 16.9 Å². The zero-order valence-corrected chi connectivity index (χ0v) is 18.5. The van der Waals surface area contributed by atoms with Gasteiger partial charge in [-0.15, -0.1) is 5.10 Å². The molecule has 4 rings (SSSR count).